The van der Waals surface area contributed by atoms with Crippen molar-refractivity contribution in [2.75, 3.05) is 16.8 Å². The summed E-state index contributed by atoms with van der Waals surface area (Å²) in [4.78, 5) is 10.8. The van der Waals surface area contributed by atoms with Crippen LogP contribution in [-0.2, 0) is 12.6 Å². The summed E-state index contributed by atoms with van der Waals surface area (Å²) in [6, 6.07) is 15.0. The van der Waals surface area contributed by atoms with Gasteiger partial charge in [0, 0.05) is 24.1 Å². The van der Waals surface area contributed by atoms with E-state index in [1.807, 2.05) is 12.1 Å². The summed E-state index contributed by atoms with van der Waals surface area (Å²) in [5.41, 5.74) is 1.94. The van der Waals surface area contributed by atoms with E-state index in [4.69, 9.17) is 0 Å². The molecule has 3 aromatic rings. The van der Waals surface area contributed by atoms with Gasteiger partial charge in [-0.1, -0.05) is 24.3 Å². The van der Waals surface area contributed by atoms with Crippen LogP contribution in [-0.4, -0.2) is 16.5 Å². The minimum atomic E-state index is -4.39. The summed E-state index contributed by atoms with van der Waals surface area (Å²) in [5, 5.41) is 2.87. The standard InChI is InChI=1S/C20H17F3N4/c21-20(22,23)15-7-3-8-16(13-15)25-19-24-11-10-18(26-19)27-12-4-6-14-5-1-2-9-17(14)27/h1-3,5,7-11,13H,4,6,12H2,(H,24,25,26). The number of halogens is 3. The lowest BCUT2D eigenvalue weighted by Crippen LogP contribution is -2.25. The van der Waals surface area contributed by atoms with Crippen LogP contribution in [0, 0.1) is 0 Å². The van der Waals surface area contributed by atoms with Gasteiger partial charge in [-0.2, -0.15) is 18.2 Å². The Labute approximate surface area is 154 Å². The molecule has 1 aliphatic heterocycles. The zero-order valence-electron chi connectivity index (χ0n) is 14.4. The molecule has 0 saturated carbocycles. The summed E-state index contributed by atoms with van der Waals surface area (Å²) in [7, 11) is 0. The maximum atomic E-state index is 12.9. The lowest BCUT2D eigenvalue weighted by Gasteiger charge is -2.30. The van der Waals surface area contributed by atoms with Crippen LogP contribution < -0.4 is 10.2 Å². The minimum absolute atomic E-state index is 0.259. The highest BCUT2D eigenvalue weighted by Crippen LogP contribution is 2.33. The Morgan fingerprint density at radius 2 is 1.85 bits per heavy atom. The number of aryl methyl sites for hydroxylation is 1. The summed E-state index contributed by atoms with van der Waals surface area (Å²) >= 11 is 0. The molecule has 0 radical (unpaired) electrons. The Morgan fingerprint density at radius 1 is 1.00 bits per heavy atom. The van der Waals surface area contributed by atoms with Gasteiger partial charge in [0.2, 0.25) is 5.95 Å². The van der Waals surface area contributed by atoms with E-state index in [-0.39, 0.29) is 5.95 Å². The Kier molecular flexibility index (Phi) is 4.43. The molecule has 2 aromatic carbocycles. The molecule has 138 valence electrons. The molecule has 0 unspecified atom stereocenters. The second-order valence-electron chi connectivity index (χ2n) is 6.33. The summed E-state index contributed by atoms with van der Waals surface area (Å²) in [5.74, 6) is 0.974. The van der Waals surface area contributed by atoms with Crippen LogP contribution in [0.1, 0.15) is 17.5 Å². The van der Waals surface area contributed by atoms with Crippen molar-refractivity contribution in [3.8, 4) is 0 Å². The van der Waals surface area contributed by atoms with Gasteiger partial charge >= 0.3 is 6.18 Å². The van der Waals surface area contributed by atoms with Gasteiger partial charge in [0.05, 0.1) is 5.56 Å². The van der Waals surface area contributed by atoms with E-state index < -0.39 is 11.7 Å². The molecule has 7 heteroatoms. The molecule has 0 aliphatic carbocycles. The number of rotatable bonds is 3. The number of aromatic nitrogens is 2. The molecule has 4 nitrogen and oxygen atoms in total. The van der Waals surface area contributed by atoms with Crippen molar-refractivity contribution >= 4 is 23.1 Å². The number of anilines is 4. The van der Waals surface area contributed by atoms with Gasteiger partial charge in [0.25, 0.3) is 0 Å². The number of hydrogen-bond donors (Lipinski definition) is 1. The molecule has 27 heavy (non-hydrogen) atoms. The van der Waals surface area contributed by atoms with Crippen molar-refractivity contribution in [1.29, 1.82) is 0 Å². The van der Waals surface area contributed by atoms with Gasteiger partial charge in [-0.3, -0.25) is 0 Å². The first-order chi connectivity index (χ1) is 13.0. The number of alkyl halides is 3. The number of fused-ring (bicyclic) bond motifs is 1. The predicted octanol–water partition coefficient (Wildman–Crippen LogP) is 5.32. The lowest BCUT2D eigenvalue weighted by atomic mass is 10.0. The first-order valence-electron chi connectivity index (χ1n) is 8.63. The van der Waals surface area contributed by atoms with Gasteiger partial charge in [0.1, 0.15) is 5.82 Å². The first kappa shape index (κ1) is 17.3. The van der Waals surface area contributed by atoms with Crippen molar-refractivity contribution in [2.45, 2.75) is 19.0 Å². The molecule has 0 atom stereocenters. The van der Waals surface area contributed by atoms with E-state index >= 15 is 0 Å². The van der Waals surface area contributed by atoms with E-state index in [1.165, 1.54) is 11.6 Å². The zero-order valence-corrected chi connectivity index (χ0v) is 14.4. The number of para-hydroxylation sites is 1. The molecular formula is C20H17F3N4. The summed E-state index contributed by atoms with van der Waals surface area (Å²) < 4.78 is 38.7. The fraction of sp³-hybridized carbons (Fsp3) is 0.200. The molecule has 0 amide bonds. The highest BCUT2D eigenvalue weighted by Gasteiger charge is 2.30. The number of benzene rings is 2. The average molecular weight is 370 g/mol. The van der Waals surface area contributed by atoms with Crippen LogP contribution in [0.2, 0.25) is 0 Å². The van der Waals surface area contributed by atoms with Crippen molar-refractivity contribution in [1.82, 2.24) is 9.97 Å². The molecule has 0 fully saturated rings. The molecule has 0 saturated heterocycles. The van der Waals surface area contributed by atoms with Crippen LogP contribution in [0.5, 0.6) is 0 Å². The van der Waals surface area contributed by atoms with Gasteiger partial charge in [-0.15, -0.1) is 0 Å². The topological polar surface area (TPSA) is 41.1 Å². The molecule has 1 N–H and O–H groups in total. The van der Waals surface area contributed by atoms with Crippen LogP contribution in [0.4, 0.5) is 36.3 Å². The Balaban J connectivity index is 1.61. The van der Waals surface area contributed by atoms with Crippen molar-refractivity contribution in [3.63, 3.8) is 0 Å². The third kappa shape index (κ3) is 3.72. The lowest BCUT2D eigenvalue weighted by molar-refractivity contribution is -0.137. The normalized spacial score (nSPS) is 14.0. The second-order valence-corrected chi connectivity index (χ2v) is 6.33. The molecule has 4 rings (SSSR count). The highest BCUT2D eigenvalue weighted by atomic mass is 19.4. The van der Waals surface area contributed by atoms with Gasteiger partial charge in [0.15, 0.2) is 0 Å². The Morgan fingerprint density at radius 3 is 2.70 bits per heavy atom. The first-order valence-corrected chi connectivity index (χ1v) is 8.63. The van der Waals surface area contributed by atoms with Crippen LogP contribution in [0.3, 0.4) is 0 Å². The van der Waals surface area contributed by atoms with Crippen LogP contribution >= 0.6 is 0 Å². The Bertz CT molecular complexity index is 956. The maximum absolute atomic E-state index is 12.9. The number of nitrogens with zero attached hydrogens (tertiary/aromatic N) is 3. The predicted molar refractivity (Wildman–Crippen MR) is 98.5 cm³/mol. The fourth-order valence-corrected chi connectivity index (χ4v) is 3.23. The molecule has 0 spiro atoms. The van der Waals surface area contributed by atoms with Crippen molar-refractivity contribution in [3.05, 3.63) is 71.9 Å². The molecule has 2 heterocycles. The quantitative estimate of drug-likeness (QED) is 0.677. The van der Waals surface area contributed by atoms with Crippen LogP contribution in [0.15, 0.2) is 60.8 Å². The zero-order chi connectivity index (χ0) is 18.9. The molecule has 1 aromatic heterocycles. The number of hydrogen-bond acceptors (Lipinski definition) is 4. The van der Waals surface area contributed by atoms with Crippen molar-refractivity contribution < 1.29 is 13.2 Å². The Hall–Kier alpha value is -3.09. The summed E-state index contributed by atoms with van der Waals surface area (Å²) in [6.45, 7) is 0.830. The van der Waals surface area contributed by atoms with Gasteiger partial charge in [-0.25, -0.2) is 4.98 Å². The molecule has 0 bridgehead atoms. The largest absolute Gasteiger partial charge is 0.416 e. The SMILES string of the molecule is FC(F)(F)c1cccc(Nc2nccc(N3CCCc4ccccc43)n2)c1. The van der Waals surface area contributed by atoms with E-state index in [2.05, 4.69) is 32.3 Å². The second kappa shape index (κ2) is 6.90. The number of nitrogens with one attached hydrogen (secondary N) is 1. The van der Waals surface area contributed by atoms with E-state index in [1.54, 1.807) is 18.3 Å². The van der Waals surface area contributed by atoms with Crippen LogP contribution in [0.25, 0.3) is 0 Å². The van der Waals surface area contributed by atoms with E-state index in [9.17, 15) is 13.2 Å². The fourth-order valence-electron chi connectivity index (χ4n) is 3.23. The smallest absolute Gasteiger partial charge is 0.326 e. The maximum Gasteiger partial charge on any atom is 0.416 e. The monoisotopic (exact) mass is 370 g/mol. The third-order valence-electron chi connectivity index (χ3n) is 4.47. The van der Waals surface area contributed by atoms with E-state index in [0.717, 1.165) is 37.2 Å². The van der Waals surface area contributed by atoms with E-state index in [0.29, 0.717) is 11.5 Å². The third-order valence-corrected chi connectivity index (χ3v) is 4.47. The molecular weight excluding hydrogens is 353 g/mol. The van der Waals surface area contributed by atoms with Gasteiger partial charge < -0.3 is 10.2 Å². The van der Waals surface area contributed by atoms with Gasteiger partial charge in [-0.05, 0) is 48.7 Å². The summed E-state index contributed by atoms with van der Waals surface area (Å²) in [6.07, 6.45) is -0.752. The van der Waals surface area contributed by atoms with Crippen molar-refractivity contribution in [2.24, 2.45) is 0 Å². The molecule has 1 aliphatic rings. The highest BCUT2D eigenvalue weighted by molar-refractivity contribution is 5.66. The average Bonchev–Trinajstić information content (AvgIpc) is 2.67. The minimum Gasteiger partial charge on any atom is -0.326 e.